The number of fused-ring (bicyclic) bond motifs is 1. The Bertz CT molecular complexity index is 748. The minimum Gasteiger partial charge on any atom is -0.207 e. The van der Waals surface area contributed by atoms with E-state index in [1.165, 1.54) is 51.4 Å². The van der Waals surface area contributed by atoms with Gasteiger partial charge in [-0.25, -0.2) is 8.78 Å². The lowest BCUT2D eigenvalue weighted by atomic mass is 9.61. The van der Waals surface area contributed by atoms with Gasteiger partial charge < -0.3 is 0 Å². The van der Waals surface area contributed by atoms with Crippen molar-refractivity contribution in [3.05, 3.63) is 59.7 Å². The molecule has 0 amide bonds. The van der Waals surface area contributed by atoms with Gasteiger partial charge in [-0.3, -0.25) is 0 Å². The minimum atomic E-state index is -0.370. The topological polar surface area (TPSA) is 0 Å². The summed E-state index contributed by atoms with van der Waals surface area (Å²) >= 11 is 0. The molecule has 0 N–H and O–H groups in total. The zero-order chi connectivity index (χ0) is 21.8. The molecule has 0 radical (unpaired) electrons. The normalized spacial score (nSPS) is 33.9. The van der Waals surface area contributed by atoms with E-state index in [-0.39, 0.29) is 17.2 Å². The third kappa shape index (κ3) is 5.32. The maximum Gasteiger partial charge on any atom is 0.129 e. The SMILES string of the molecule is C=CCCc1c(F)cc(C2CCC(C3CCC4CC(/C=C/C)CCC4C3)CC2)cc1F. The summed E-state index contributed by atoms with van der Waals surface area (Å²) in [5.74, 6) is 4.01. The van der Waals surface area contributed by atoms with Crippen LogP contribution >= 0.6 is 0 Å². The summed E-state index contributed by atoms with van der Waals surface area (Å²) in [6.07, 6.45) is 20.5. The molecule has 1 aromatic carbocycles. The summed E-state index contributed by atoms with van der Waals surface area (Å²) in [7, 11) is 0. The summed E-state index contributed by atoms with van der Waals surface area (Å²) in [6.45, 7) is 5.81. The van der Waals surface area contributed by atoms with E-state index < -0.39 is 0 Å². The first-order valence-corrected chi connectivity index (χ1v) is 12.8. The molecule has 31 heavy (non-hydrogen) atoms. The van der Waals surface area contributed by atoms with Gasteiger partial charge in [-0.15, -0.1) is 6.58 Å². The molecule has 0 bridgehead atoms. The molecule has 2 heteroatoms. The van der Waals surface area contributed by atoms with Crippen molar-refractivity contribution in [3.63, 3.8) is 0 Å². The fourth-order valence-electron chi connectivity index (χ4n) is 7.10. The first-order chi connectivity index (χ1) is 15.1. The molecular formula is C29H40F2. The van der Waals surface area contributed by atoms with Crippen LogP contribution in [-0.2, 0) is 6.42 Å². The van der Waals surface area contributed by atoms with Crippen molar-refractivity contribution in [2.24, 2.45) is 29.6 Å². The van der Waals surface area contributed by atoms with Crippen LogP contribution in [0.25, 0.3) is 0 Å². The van der Waals surface area contributed by atoms with E-state index in [9.17, 15) is 8.78 Å². The third-order valence-corrected chi connectivity index (χ3v) is 8.83. The Balaban J connectivity index is 1.31. The monoisotopic (exact) mass is 426 g/mol. The highest BCUT2D eigenvalue weighted by atomic mass is 19.1. The van der Waals surface area contributed by atoms with Crippen molar-refractivity contribution in [2.75, 3.05) is 0 Å². The van der Waals surface area contributed by atoms with Gasteiger partial charge in [0.2, 0.25) is 0 Å². The number of hydrogen-bond acceptors (Lipinski definition) is 0. The Labute approximate surface area is 188 Å². The van der Waals surface area contributed by atoms with Crippen LogP contribution in [0.2, 0.25) is 0 Å². The molecule has 3 aliphatic rings. The lowest BCUT2D eigenvalue weighted by Crippen LogP contribution is -2.34. The predicted octanol–water partition coefficient (Wildman–Crippen LogP) is 8.77. The van der Waals surface area contributed by atoms with Crippen LogP contribution in [-0.4, -0.2) is 0 Å². The van der Waals surface area contributed by atoms with E-state index in [2.05, 4.69) is 25.7 Å². The molecule has 3 fully saturated rings. The van der Waals surface area contributed by atoms with Gasteiger partial charge in [-0.05, 0) is 137 Å². The van der Waals surface area contributed by atoms with Crippen LogP contribution in [0, 0.1) is 41.2 Å². The first kappa shape index (κ1) is 22.7. The average molecular weight is 427 g/mol. The molecule has 3 aliphatic carbocycles. The highest BCUT2D eigenvalue weighted by Crippen LogP contribution is 2.50. The van der Waals surface area contributed by atoms with E-state index in [4.69, 9.17) is 0 Å². The molecule has 1 aromatic rings. The van der Waals surface area contributed by atoms with Crippen LogP contribution in [0.1, 0.15) is 94.6 Å². The fraction of sp³-hybridized carbons (Fsp3) is 0.655. The molecule has 0 heterocycles. The van der Waals surface area contributed by atoms with E-state index in [0.717, 1.165) is 48.0 Å². The molecule has 4 atom stereocenters. The Morgan fingerprint density at radius 1 is 0.839 bits per heavy atom. The van der Waals surface area contributed by atoms with Crippen molar-refractivity contribution >= 4 is 0 Å². The van der Waals surface area contributed by atoms with Gasteiger partial charge in [0.1, 0.15) is 11.6 Å². The highest BCUT2D eigenvalue weighted by Gasteiger charge is 2.38. The standard InChI is InChI=1S/C29H40F2/c1-3-5-7-27-28(30)18-26(19-29(27)31)22-12-10-21(11-13-22)24-15-14-23-16-20(6-4-2)8-9-25(23)17-24/h3-4,6,18-25H,1,5,7-17H2,2H3/b6-4+. The van der Waals surface area contributed by atoms with Crippen LogP contribution in [0.15, 0.2) is 36.9 Å². The molecule has 0 spiro atoms. The van der Waals surface area contributed by atoms with Crippen LogP contribution in [0.4, 0.5) is 8.78 Å². The van der Waals surface area contributed by atoms with Crippen molar-refractivity contribution in [1.82, 2.24) is 0 Å². The second kappa shape index (κ2) is 10.5. The molecule has 0 aromatic heterocycles. The van der Waals surface area contributed by atoms with Crippen molar-refractivity contribution in [3.8, 4) is 0 Å². The van der Waals surface area contributed by atoms with Crippen LogP contribution in [0.5, 0.6) is 0 Å². The molecule has 4 rings (SSSR count). The molecule has 170 valence electrons. The summed E-state index contributed by atoms with van der Waals surface area (Å²) in [6, 6.07) is 3.22. The molecule has 4 unspecified atom stereocenters. The minimum absolute atomic E-state index is 0.221. The maximum atomic E-state index is 14.5. The number of rotatable bonds is 6. The second-order valence-electron chi connectivity index (χ2n) is 10.6. The second-order valence-corrected chi connectivity index (χ2v) is 10.6. The summed E-state index contributed by atoms with van der Waals surface area (Å²) in [5, 5.41) is 0. The third-order valence-electron chi connectivity index (χ3n) is 8.83. The van der Waals surface area contributed by atoms with Crippen LogP contribution in [0.3, 0.4) is 0 Å². The molecule has 0 nitrogen and oxygen atoms in total. The van der Waals surface area contributed by atoms with Gasteiger partial charge in [0.15, 0.2) is 0 Å². The van der Waals surface area contributed by atoms with Crippen molar-refractivity contribution < 1.29 is 8.78 Å². The predicted molar refractivity (Wildman–Crippen MR) is 126 cm³/mol. The van der Waals surface area contributed by atoms with Gasteiger partial charge in [0, 0.05) is 5.56 Å². The van der Waals surface area contributed by atoms with Gasteiger partial charge in [-0.2, -0.15) is 0 Å². The average Bonchev–Trinajstić information content (AvgIpc) is 2.78. The van der Waals surface area contributed by atoms with Crippen molar-refractivity contribution in [2.45, 2.75) is 89.9 Å². The van der Waals surface area contributed by atoms with Gasteiger partial charge in [0.05, 0.1) is 0 Å². The summed E-state index contributed by atoms with van der Waals surface area (Å²) in [4.78, 5) is 0. The lowest BCUT2D eigenvalue weighted by molar-refractivity contribution is 0.0718. The number of benzene rings is 1. The number of halogens is 2. The molecule has 3 saturated carbocycles. The number of hydrogen-bond donors (Lipinski definition) is 0. The van der Waals surface area contributed by atoms with Gasteiger partial charge >= 0.3 is 0 Å². The summed E-state index contributed by atoms with van der Waals surface area (Å²) < 4.78 is 29.0. The quantitative estimate of drug-likeness (QED) is 0.399. The van der Waals surface area contributed by atoms with E-state index >= 15 is 0 Å². The summed E-state index contributed by atoms with van der Waals surface area (Å²) in [5.41, 5.74) is 1.10. The van der Waals surface area contributed by atoms with E-state index in [0.29, 0.717) is 18.8 Å². The largest absolute Gasteiger partial charge is 0.207 e. The molecular weight excluding hydrogens is 386 g/mol. The van der Waals surface area contributed by atoms with Gasteiger partial charge in [0.25, 0.3) is 0 Å². The first-order valence-electron chi connectivity index (χ1n) is 12.8. The lowest BCUT2D eigenvalue weighted by Gasteiger charge is -2.45. The Hall–Kier alpha value is -1.44. The Morgan fingerprint density at radius 2 is 1.42 bits per heavy atom. The zero-order valence-corrected chi connectivity index (χ0v) is 19.3. The van der Waals surface area contributed by atoms with E-state index in [1.54, 1.807) is 18.2 Å². The number of allylic oxidation sites excluding steroid dienone is 3. The smallest absolute Gasteiger partial charge is 0.129 e. The Morgan fingerprint density at radius 3 is 2.06 bits per heavy atom. The Kier molecular flexibility index (Phi) is 7.67. The molecule has 0 aliphatic heterocycles. The molecule has 0 saturated heterocycles. The van der Waals surface area contributed by atoms with Gasteiger partial charge in [-0.1, -0.05) is 18.2 Å². The zero-order valence-electron chi connectivity index (χ0n) is 19.3. The van der Waals surface area contributed by atoms with Crippen LogP contribution < -0.4 is 0 Å². The highest BCUT2D eigenvalue weighted by molar-refractivity contribution is 5.29. The fourth-order valence-corrected chi connectivity index (χ4v) is 7.10. The van der Waals surface area contributed by atoms with Crippen molar-refractivity contribution in [1.29, 1.82) is 0 Å². The van der Waals surface area contributed by atoms with E-state index in [1.807, 2.05) is 0 Å². The maximum absolute atomic E-state index is 14.5.